The van der Waals surface area contributed by atoms with Crippen LogP contribution in [0.15, 0.2) is 34.8 Å². The molecule has 0 amide bonds. The Hall–Kier alpha value is -2.57. The van der Waals surface area contributed by atoms with Crippen molar-refractivity contribution in [3.05, 3.63) is 35.8 Å². The summed E-state index contributed by atoms with van der Waals surface area (Å²) in [7, 11) is 1.55. The van der Waals surface area contributed by atoms with Gasteiger partial charge in [0.05, 0.1) is 18.0 Å². The van der Waals surface area contributed by atoms with Crippen molar-refractivity contribution >= 4 is 17.7 Å². The third-order valence-corrected chi connectivity index (χ3v) is 3.77. The Morgan fingerprint density at radius 3 is 3.27 bits per heavy atom. The summed E-state index contributed by atoms with van der Waals surface area (Å²) in [5, 5.41) is 11.5. The molecule has 0 radical (unpaired) electrons. The molecule has 2 aromatic rings. The monoisotopic (exact) mass is 300 g/mol. The summed E-state index contributed by atoms with van der Waals surface area (Å²) >= 11 is 0. The molecule has 1 atom stereocenters. The highest BCUT2D eigenvalue weighted by Gasteiger charge is 2.19. The SMILES string of the molecule is CCC(C/C=N/OC)n1cc(C2=NCNc3[nH]ccc32)cn1. The Bertz CT molecular complexity index is 684. The van der Waals surface area contributed by atoms with E-state index >= 15 is 0 Å². The minimum atomic E-state index is 0.265. The second-order valence-corrected chi connectivity index (χ2v) is 5.09. The molecule has 116 valence electrons. The number of hydrogen-bond donors (Lipinski definition) is 2. The van der Waals surface area contributed by atoms with Gasteiger partial charge >= 0.3 is 0 Å². The summed E-state index contributed by atoms with van der Waals surface area (Å²) in [6.07, 6.45) is 9.38. The predicted molar refractivity (Wildman–Crippen MR) is 86.6 cm³/mol. The number of aromatic nitrogens is 3. The van der Waals surface area contributed by atoms with Crippen LogP contribution in [0, 0.1) is 0 Å². The minimum absolute atomic E-state index is 0.265. The van der Waals surface area contributed by atoms with Crippen LogP contribution in [0.5, 0.6) is 0 Å². The first-order chi connectivity index (χ1) is 10.8. The number of hydrogen-bond acceptors (Lipinski definition) is 5. The van der Waals surface area contributed by atoms with Crippen molar-refractivity contribution in [2.24, 2.45) is 10.1 Å². The predicted octanol–water partition coefficient (Wildman–Crippen LogP) is 2.41. The molecule has 0 saturated heterocycles. The zero-order valence-corrected chi connectivity index (χ0v) is 12.8. The Kier molecular flexibility index (Phi) is 4.22. The van der Waals surface area contributed by atoms with Crippen molar-refractivity contribution < 1.29 is 4.84 Å². The topological polar surface area (TPSA) is 79.6 Å². The van der Waals surface area contributed by atoms with Crippen LogP contribution in [-0.2, 0) is 4.84 Å². The van der Waals surface area contributed by atoms with Gasteiger partial charge < -0.3 is 15.1 Å². The summed E-state index contributed by atoms with van der Waals surface area (Å²) in [5.41, 5.74) is 3.09. The van der Waals surface area contributed by atoms with Gasteiger partial charge in [-0.15, -0.1) is 0 Å². The first-order valence-corrected chi connectivity index (χ1v) is 7.39. The fraction of sp³-hybridized carbons (Fsp3) is 0.400. The number of aliphatic imine (C=N–C) groups is 1. The molecule has 7 nitrogen and oxygen atoms in total. The molecular formula is C15H20N6O. The first kappa shape index (κ1) is 14.4. The maximum absolute atomic E-state index is 4.71. The number of H-pyrrole nitrogens is 1. The van der Waals surface area contributed by atoms with E-state index in [1.165, 1.54) is 0 Å². The molecular weight excluding hydrogens is 280 g/mol. The molecule has 3 heterocycles. The van der Waals surface area contributed by atoms with Crippen LogP contribution in [0.2, 0.25) is 0 Å². The van der Waals surface area contributed by atoms with Gasteiger partial charge in [0.2, 0.25) is 0 Å². The maximum Gasteiger partial charge on any atom is 0.114 e. The summed E-state index contributed by atoms with van der Waals surface area (Å²) in [4.78, 5) is 12.5. The standard InChI is InChI=1S/C15H20N6O/c1-3-12(4-7-20-22-2)21-9-11(8-19-21)14-13-5-6-16-15(13)18-10-17-14/h5-9,12,16,18H,3-4,10H2,1-2H3/b20-7+. The lowest BCUT2D eigenvalue weighted by Crippen LogP contribution is -2.15. The van der Waals surface area contributed by atoms with E-state index in [-0.39, 0.29) is 6.04 Å². The summed E-state index contributed by atoms with van der Waals surface area (Å²) in [6, 6.07) is 2.29. The second kappa shape index (κ2) is 6.46. The third kappa shape index (κ3) is 2.74. The molecule has 0 spiro atoms. The van der Waals surface area contributed by atoms with Crippen molar-refractivity contribution in [3.63, 3.8) is 0 Å². The van der Waals surface area contributed by atoms with Gasteiger partial charge in [-0.2, -0.15) is 5.10 Å². The van der Waals surface area contributed by atoms with E-state index in [1.54, 1.807) is 13.3 Å². The molecule has 0 aliphatic carbocycles. The smallest absolute Gasteiger partial charge is 0.114 e. The molecule has 22 heavy (non-hydrogen) atoms. The highest BCUT2D eigenvalue weighted by Crippen LogP contribution is 2.23. The molecule has 3 rings (SSSR count). The largest absolute Gasteiger partial charge is 0.399 e. The fourth-order valence-electron chi connectivity index (χ4n) is 2.60. The highest BCUT2D eigenvalue weighted by atomic mass is 16.6. The third-order valence-electron chi connectivity index (χ3n) is 3.77. The lowest BCUT2D eigenvalue weighted by atomic mass is 10.1. The molecule has 0 saturated carbocycles. The zero-order valence-electron chi connectivity index (χ0n) is 12.8. The van der Waals surface area contributed by atoms with Crippen molar-refractivity contribution in [1.29, 1.82) is 0 Å². The summed E-state index contributed by atoms with van der Waals surface area (Å²) < 4.78 is 1.98. The Balaban J connectivity index is 1.82. The number of fused-ring (bicyclic) bond motifs is 1. The average molecular weight is 300 g/mol. The van der Waals surface area contributed by atoms with Crippen LogP contribution in [-0.4, -0.2) is 40.5 Å². The van der Waals surface area contributed by atoms with Gasteiger partial charge in [0.15, 0.2) is 0 Å². The number of rotatable bonds is 6. The van der Waals surface area contributed by atoms with Crippen LogP contribution < -0.4 is 5.32 Å². The quantitative estimate of drug-likeness (QED) is 0.635. The van der Waals surface area contributed by atoms with Gasteiger partial charge in [-0.25, -0.2) is 0 Å². The molecule has 1 aliphatic rings. The molecule has 1 aliphatic heterocycles. The molecule has 1 unspecified atom stereocenters. The Morgan fingerprint density at radius 1 is 1.55 bits per heavy atom. The lowest BCUT2D eigenvalue weighted by molar-refractivity contribution is 0.214. The van der Waals surface area contributed by atoms with Crippen LogP contribution in [0.3, 0.4) is 0 Å². The van der Waals surface area contributed by atoms with E-state index in [0.717, 1.165) is 35.5 Å². The van der Waals surface area contributed by atoms with E-state index in [0.29, 0.717) is 6.67 Å². The average Bonchev–Trinajstić information content (AvgIpc) is 3.20. The van der Waals surface area contributed by atoms with E-state index in [2.05, 4.69) is 38.7 Å². The van der Waals surface area contributed by atoms with E-state index in [9.17, 15) is 0 Å². The second-order valence-electron chi connectivity index (χ2n) is 5.09. The van der Waals surface area contributed by atoms with Crippen LogP contribution in [0.25, 0.3) is 0 Å². The highest BCUT2D eigenvalue weighted by molar-refractivity contribution is 6.16. The van der Waals surface area contributed by atoms with E-state index < -0.39 is 0 Å². The van der Waals surface area contributed by atoms with Gasteiger partial charge in [0, 0.05) is 36.2 Å². The molecule has 0 aromatic carbocycles. The zero-order chi connectivity index (χ0) is 15.4. The van der Waals surface area contributed by atoms with Crippen molar-refractivity contribution in [2.45, 2.75) is 25.8 Å². The number of nitrogens with zero attached hydrogens (tertiary/aromatic N) is 4. The molecule has 2 N–H and O–H groups in total. The van der Waals surface area contributed by atoms with Gasteiger partial charge in [-0.05, 0) is 12.5 Å². The number of oxime groups is 1. The van der Waals surface area contributed by atoms with Gasteiger partial charge in [-0.1, -0.05) is 12.1 Å². The Labute approximate surface area is 129 Å². The van der Waals surface area contributed by atoms with Gasteiger partial charge in [-0.3, -0.25) is 9.67 Å². The fourth-order valence-corrected chi connectivity index (χ4v) is 2.60. The minimum Gasteiger partial charge on any atom is -0.399 e. The molecule has 2 aromatic heterocycles. The van der Waals surface area contributed by atoms with Crippen LogP contribution in [0.4, 0.5) is 5.82 Å². The van der Waals surface area contributed by atoms with E-state index in [1.807, 2.05) is 23.1 Å². The van der Waals surface area contributed by atoms with Gasteiger partial charge in [0.25, 0.3) is 0 Å². The van der Waals surface area contributed by atoms with Crippen molar-refractivity contribution in [1.82, 2.24) is 14.8 Å². The molecule has 0 bridgehead atoms. The summed E-state index contributed by atoms with van der Waals surface area (Å²) in [5.74, 6) is 1.01. The van der Waals surface area contributed by atoms with Crippen molar-refractivity contribution in [2.75, 3.05) is 19.1 Å². The van der Waals surface area contributed by atoms with Gasteiger partial charge in [0.1, 0.15) is 19.6 Å². The van der Waals surface area contributed by atoms with Crippen LogP contribution in [0.1, 0.15) is 36.9 Å². The van der Waals surface area contributed by atoms with Crippen LogP contribution >= 0.6 is 0 Å². The first-order valence-electron chi connectivity index (χ1n) is 7.39. The van der Waals surface area contributed by atoms with Crippen molar-refractivity contribution in [3.8, 4) is 0 Å². The normalized spacial score (nSPS) is 15.3. The number of aromatic amines is 1. The maximum atomic E-state index is 4.71. The lowest BCUT2D eigenvalue weighted by Gasteiger charge is -2.14. The summed E-state index contributed by atoms with van der Waals surface area (Å²) in [6.45, 7) is 2.71. The number of anilines is 1. The molecule has 0 fully saturated rings. The number of nitrogens with one attached hydrogen (secondary N) is 2. The molecule has 7 heteroatoms. The van der Waals surface area contributed by atoms with E-state index in [4.69, 9.17) is 4.84 Å². The Morgan fingerprint density at radius 2 is 2.45 bits per heavy atom.